The van der Waals surface area contributed by atoms with Crippen LogP contribution in [0.3, 0.4) is 0 Å². The van der Waals surface area contributed by atoms with Crippen LogP contribution in [0.4, 0.5) is 17.6 Å². The van der Waals surface area contributed by atoms with Crippen molar-refractivity contribution in [1.29, 1.82) is 0 Å². The molecule has 0 radical (unpaired) electrons. The molecule has 0 aliphatic rings. The predicted molar refractivity (Wildman–Crippen MR) is 79.3 cm³/mol. The van der Waals surface area contributed by atoms with E-state index in [0.717, 1.165) is 24.2 Å². The van der Waals surface area contributed by atoms with Crippen molar-refractivity contribution in [3.05, 3.63) is 11.9 Å². The van der Waals surface area contributed by atoms with E-state index in [1.54, 1.807) is 4.68 Å². The van der Waals surface area contributed by atoms with Gasteiger partial charge in [-0.25, -0.2) is 5.84 Å². The van der Waals surface area contributed by atoms with Gasteiger partial charge in [-0.2, -0.15) is 20.1 Å². The summed E-state index contributed by atoms with van der Waals surface area (Å²) in [5.74, 6) is 5.96. The number of hydrazine groups is 1. The van der Waals surface area contributed by atoms with E-state index in [4.69, 9.17) is 10.6 Å². The highest BCUT2D eigenvalue weighted by molar-refractivity contribution is 5.56. The Morgan fingerprint density at radius 1 is 1.24 bits per heavy atom. The first-order chi connectivity index (χ1) is 10.2. The molecular formula is C12H20N8O. The Labute approximate surface area is 122 Å². The fourth-order valence-corrected chi connectivity index (χ4v) is 1.76. The van der Waals surface area contributed by atoms with Crippen LogP contribution in [0.5, 0.6) is 6.01 Å². The standard InChI is InChI=1S/C12H20N8O/c1-4-6-21-12-16-10(15-11(17-12)18-13)14-9-7-20(3)19-8(9)5-2/h7H,4-6,13H2,1-3H3,(H2,14,15,16,17,18). The molecule has 9 nitrogen and oxygen atoms in total. The molecule has 0 saturated heterocycles. The number of hydrogen-bond donors (Lipinski definition) is 3. The van der Waals surface area contributed by atoms with Crippen molar-refractivity contribution in [3.63, 3.8) is 0 Å². The average molecular weight is 292 g/mol. The van der Waals surface area contributed by atoms with E-state index in [-0.39, 0.29) is 12.0 Å². The first kappa shape index (κ1) is 15.0. The molecule has 4 N–H and O–H groups in total. The topological polar surface area (TPSA) is 116 Å². The number of nitrogens with two attached hydrogens (primary N) is 1. The van der Waals surface area contributed by atoms with Gasteiger partial charge in [-0.3, -0.25) is 10.1 Å². The van der Waals surface area contributed by atoms with Crippen LogP contribution >= 0.6 is 0 Å². The summed E-state index contributed by atoms with van der Waals surface area (Å²) in [6.07, 6.45) is 3.53. The minimum absolute atomic E-state index is 0.226. The van der Waals surface area contributed by atoms with Crippen molar-refractivity contribution in [2.75, 3.05) is 17.3 Å². The highest BCUT2D eigenvalue weighted by Crippen LogP contribution is 2.19. The average Bonchev–Trinajstić information content (AvgIpc) is 2.84. The number of aryl methyl sites for hydroxylation is 2. The van der Waals surface area contributed by atoms with E-state index < -0.39 is 0 Å². The van der Waals surface area contributed by atoms with Crippen molar-refractivity contribution in [1.82, 2.24) is 24.7 Å². The molecule has 2 aromatic heterocycles. The highest BCUT2D eigenvalue weighted by Gasteiger charge is 2.11. The second kappa shape index (κ2) is 6.84. The van der Waals surface area contributed by atoms with Gasteiger partial charge < -0.3 is 10.1 Å². The van der Waals surface area contributed by atoms with E-state index in [2.05, 4.69) is 30.8 Å². The lowest BCUT2D eigenvalue weighted by Gasteiger charge is -2.08. The van der Waals surface area contributed by atoms with Crippen molar-refractivity contribution in [3.8, 4) is 6.01 Å². The van der Waals surface area contributed by atoms with Gasteiger partial charge in [-0.05, 0) is 12.8 Å². The number of aromatic nitrogens is 5. The molecule has 0 spiro atoms. The molecule has 2 heterocycles. The number of ether oxygens (including phenoxy) is 1. The molecule has 0 atom stereocenters. The van der Waals surface area contributed by atoms with Gasteiger partial charge in [0, 0.05) is 13.2 Å². The molecule has 0 aromatic carbocycles. The van der Waals surface area contributed by atoms with Gasteiger partial charge in [0.2, 0.25) is 11.9 Å². The van der Waals surface area contributed by atoms with Crippen LogP contribution in [-0.4, -0.2) is 31.3 Å². The van der Waals surface area contributed by atoms with Crippen molar-refractivity contribution in [2.24, 2.45) is 12.9 Å². The third kappa shape index (κ3) is 3.78. The Kier molecular flexibility index (Phi) is 4.88. The first-order valence-electron chi connectivity index (χ1n) is 6.81. The third-order valence-corrected chi connectivity index (χ3v) is 2.67. The summed E-state index contributed by atoms with van der Waals surface area (Å²) in [6.45, 7) is 4.57. The molecule has 114 valence electrons. The lowest BCUT2D eigenvalue weighted by atomic mass is 10.3. The van der Waals surface area contributed by atoms with Crippen LogP contribution in [0.25, 0.3) is 0 Å². The van der Waals surface area contributed by atoms with Crippen LogP contribution < -0.4 is 21.3 Å². The molecule has 2 aromatic rings. The van der Waals surface area contributed by atoms with Gasteiger partial charge in [0.1, 0.15) is 0 Å². The smallest absolute Gasteiger partial charge is 0.323 e. The number of nitrogen functional groups attached to an aromatic ring is 1. The number of nitrogens with one attached hydrogen (secondary N) is 2. The molecule has 9 heteroatoms. The second-order valence-corrected chi connectivity index (χ2v) is 4.40. The number of hydrogen-bond acceptors (Lipinski definition) is 8. The molecule has 2 rings (SSSR count). The van der Waals surface area contributed by atoms with Crippen LogP contribution in [-0.2, 0) is 13.5 Å². The number of rotatable bonds is 7. The zero-order valence-corrected chi connectivity index (χ0v) is 12.4. The highest BCUT2D eigenvalue weighted by atomic mass is 16.5. The Morgan fingerprint density at radius 2 is 2.00 bits per heavy atom. The second-order valence-electron chi connectivity index (χ2n) is 4.40. The molecule has 0 bridgehead atoms. The van der Waals surface area contributed by atoms with Crippen molar-refractivity contribution in [2.45, 2.75) is 26.7 Å². The Bertz CT molecular complexity index is 597. The molecule has 0 aliphatic carbocycles. The maximum atomic E-state index is 5.42. The van der Waals surface area contributed by atoms with Gasteiger partial charge in [-0.1, -0.05) is 13.8 Å². The zero-order chi connectivity index (χ0) is 15.2. The molecule has 0 aliphatic heterocycles. The van der Waals surface area contributed by atoms with Crippen LogP contribution in [0.2, 0.25) is 0 Å². The van der Waals surface area contributed by atoms with E-state index in [1.165, 1.54) is 0 Å². The lowest BCUT2D eigenvalue weighted by molar-refractivity contribution is 0.292. The monoisotopic (exact) mass is 292 g/mol. The van der Waals surface area contributed by atoms with Gasteiger partial charge in [0.15, 0.2) is 0 Å². The fourth-order valence-electron chi connectivity index (χ4n) is 1.76. The minimum atomic E-state index is 0.226. The minimum Gasteiger partial charge on any atom is -0.463 e. The largest absolute Gasteiger partial charge is 0.463 e. The van der Waals surface area contributed by atoms with E-state index >= 15 is 0 Å². The van der Waals surface area contributed by atoms with Gasteiger partial charge in [0.25, 0.3) is 0 Å². The summed E-state index contributed by atoms with van der Waals surface area (Å²) in [7, 11) is 1.86. The number of anilines is 3. The normalized spacial score (nSPS) is 10.5. The van der Waals surface area contributed by atoms with E-state index in [1.807, 2.05) is 27.1 Å². The zero-order valence-electron chi connectivity index (χ0n) is 12.4. The molecule has 21 heavy (non-hydrogen) atoms. The lowest BCUT2D eigenvalue weighted by Crippen LogP contribution is -2.14. The van der Waals surface area contributed by atoms with Crippen molar-refractivity contribution >= 4 is 17.6 Å². The summed E-state index contributed by atoms with van der Waals surface area (Å²) in [5.41, 5.74) is 4.17. The summed E-state index contributed by atoms with van der Waals surface area (Å²) < 4.78 is 7.15. The third-order valence-electron chi connectivity index (χ3n) is 2.67. The quantitative estimate of drug-likeness (QED) is 0.511. The van der Waals surface area contributed by atoms with E-state index in [0.29, 0.717) is 12.6 Å². The van der Waals surface area contributed by atoms with E-state index in [9.17, 15) is 0 Å². The fraction of sp³-hybridized carbons (Fsp3) is 0.500. The predicted octanol–water partition coefficient (Wildman–Crippen LogP) is 0.985. The Balaban J connectivity index is 2.25. The van der Waals surface area contributed by atoms with Gasteiger partial charge in [-0.15, -0.1) is 0 Å². The Morgan fingerprint density at radius 3 is 2.67 bits per heavy atom. The van der Waals surface area contributed by atoms with Gasteiger partial charge in [0.05, 0.1) is 18.0 Å². The molecule has 0 saturated carbocycles. The Hall–Kier alpha value is -2.42. The number of nitrogens with zero attached hydrogens (tertiary/aromatic N) is 5. The van der Waals surface area contributed by atoms with Crippen molar-refractivity contribution < 1.29 is 4.74 Å². The maximum Gasteiger partial charge on any atom is 0.323 e. The van der Waals surface area contributed by atoms with Crippen LogP contribution in [0.15, 0.2) is 6.20 Å². The first-order valence-corrected chi connectivity index (χ1v) is 6.81. The maximum absolute atomic E-state index is 5.42. The molecule has 0 unspecified atom stereocenters. The summed E-state index contributed by atoms with van der Waals surface area (Å²) >= 11 is 0. The van der Waals surface area contributed by atoms with Crippen LogP contribution in [0.1, 0.15) is 26.0 Å². The van der Waals surface area contributed by atoms with Gasteiger partial charge >= 0.3 is 6.01 Å². The molecule has 0 amide bonds. The summed E-state index contributed by atoms with van der Waals surface area (Å²) in [6, 6.07) is 0.226. The van der Waals surface area contributed by atoms with Crippen LogP contribution in [0, 0.1) is 0 Å². The SMILES string of the molecule is CCCOc1nc(NN)nc(Nc2cn(C)nc2CC)n1. The summed E-state index contributed by atoms with van der Waals surface area (Å²) in [5, 5.41) is 7.47. The molecule has 0 fully saturated rings. The summed E-state index contributed by atoms with van der Waals surface area (Å²) in [4.78, 5) is 12.4. The molecular weight excluding hydrogens is 272 g/mol.